The molecule has 1 fully saturated rings. The summed E-state index contributed by atoms with van der Waals surface area (Å²) in [6, 6.07) is 1.33. The van der Waals surface area contributed by atoms with Crippen molar-refractivity contribution in [3.63, 3.8) is 0 Å². The van der Waals surface area contributed by atoms with Crippen LogP contribution in [0.4, 0.5) is 5.69 Å². The molecule has 9 heteroatoms. The molecule has 1 amide bonds. The minimum Gasteiger partial charge on any atom is -0.323 e. The summed E-state index contributed by atoms with van der Waals surface area (Å²) < 4.78 is 26.9. The van der Waals surface area contributed by atoms with Crippen LogP contribution in [0, 0.1) is 0 Å². The van der Waals surface area contributed by atoms with Gasteiger partial charge < -0.3 is 5.32 Å². The van der Waals surface area contributed by atoms with Crippen LogP contribution in [-0.4, -0.2) is 52.2 Å². The zero-order valence-corrected chi connectivity index (χ0v) is 15.5. The molecule has 0 radical (unpaired) electrons. The maximum absolute atomic E-state index is 12.6. The zero-order chi connectivity index (χ0) is 18.2. The van der Waals surface area contributed by atoms with Crippen molar-refractivity contribution in [2.45, 2.75) is 45.2 Å². The smallest absolute Gasteiger partial charge is 0.242 e. The van der Waals surface area contributed by atoms with Crippen molar-refractivity contribution in [3.05, 3.63) is 18.5 Å². The molecule has 0 aromatic carbocycles. The quantitative estimate of drug-likeness (QED) is 0.890. The lowest BCUT2D eigenvalue weighted by molar-refractivity contribution is -0.120. The summed E-state index contributed by atoms with van der Waals surface area (Å²) in [6.45, 7) is 4.43. The summed E-state index contributed by atoms with van der Waals surface area (Å²) in [5, 5.41) is 7.93. The summed E-state index contributed by atoms with van der Waals surface area (Å²) in [6.07, 6.45) is 6.57. The predicted molar refractivity (Wildman–Crippen MR) is 95.7 cm³/mol. The van der Waals surface area contributed by atoms with Gasteiger partial charge in [-0.2, -0.15) is 9.40 Å². The molecule has 2 aromatic rings. The molecule has 1 saturated heterocycles. The second-order valence-electron chi connectivity index (χ2n) is 6.69. The monoisotopic (exact) mass is 365 g/mol. The van der Waals surface area contributed by atoms with Crippen molar-refractivity contribution < 1.29 is 13.2 Å². The van der Waals surface area contributed by atoms with Gasteiger partial charge in [-0.15, -0.1) is 0 Å². The van der Waals surface area contributed by atoms with E-state index < -0.39 is 16.1 Å². The normalized spacial score (nSPS) is 19.4. The molecule has 0 unspecified atom stereocenters. The van der Waals surface area contributed by atoms with Gasteiger partial charge in [0.25, 0.3) is 0 Å². The molecular weight excluding hydrogens is 342 g/mol. The molecule has 0 spiro atoms. The number of fused-ring (bicyclic) bond motifs is 1. The lowest BCUT2D eigenvalue weighted by atomic mass is 10.0. The molecule has 1 aliphatic heterocycles. The van der Waals surface area contributed by atoms with E-state index in [0.29, 0.717) is 18.7 Å². The molecule has 3 rings (SSSR count). The fourth-order valence-corrected chi connectivity index (χ4v) is 4.30. The number of rotatable bonds is 4. The number of piperidine rings is 1. The molecule has 25 heavy (non-hydrogen) atoms. The lowest BCUT2D eigenvalue weighted by Gasteiger charge is -2.32. The molecule has 0 bridgehead atoms. The summed E-state index contributed by atoms with van der Waals surface area (Å²) in [4.78, 5) is 17.0. The highest BCUT2D eigenvalue weighted by Gasteiger charge is 2.34. The van der Waals surface area contributed by atoms with Gasteiger partial charge in [-0.3, -0.25) is 4.79 Å². The van der Waals surface area contributed by atoms with E-state index in [1.165, 1.54) is 4.31 Å². The van der Waals surface area contributed by atoms with Crippen molar-refractivity contribution in [3.8, 4) is 0 Å². The van der Waals surface area contributed by atoms with Crippen LogP contribution in [0.1, 0.15) is 39.2 Å². The zero-order valence-electron chi connectivity index (χ0n) is 14.6. The average molecular weight is 365 g/mol. The van der Waals surface area contributed by atoms with Crippen molar-refractivity contribution in [1.29, 1.82) is 0 Å². The second kappa shape index (κ2) is 6.72. The highest BCUT2D eigenvalue weighted by atomic mass is 32.2. The van der Waals surface area contributed by atoms with E-state index in [-0.39, 0.29) is 11.9 Å². The summed E-state index contributed by atoms with van der Waals surface area (Å²) in [7, 11) is -3.41. The van der Waals surface area contributed by atoms with E-state index >= 15 is 0 Å². The van der Waals surface area contributed by atoms with Gasteiger partial charge in [0.15, 0.2) is 5.65 Å². The summed E-state index contributed by atoms with van der Waals surface area (Å²) >= 11 is 0. The first kappa shape index (κ1) is 17.8. The fourth-order valence-electron chi connectivity index (χ4n) is 3.18. The first-order chi connectivity index (χ1) is 11.8. The van der Waals surface area contributed by atoms with Gasteiger partial charge in [0.05, 0.1) is 24.3 Å². The molecule has 1 aliphatic rings. The molecule has 3 heterocycles. The van der Waals surface area contributed by atoms with Gasteiger partial charge in [0.2, 0.25) is 15.9 Å². The molecule has 2 aromatic heterocycles. The Morgan fingerprint density at radius 2 is 2.08 bits per heavy atom. The molecule has 8 nitrogen and oxygen atoms in total. The van der Waals surface area contributed by atoms with Crippen LogP contribution in [0.2, 0.25) is 0 Å². The van der Waals surface area contributed by atoms with Crippen LogP contribution in [0.15, 0.2) is 18.5 Å². The van der Waals surface area contributed by atoms with Crippen LogP contribution in [-0.2, 0) is 14.8 Å². The molecule has 0 aliphatic carbocycles. The van der Waals surface area contributed by atoms with E-state index in [0.717, 1.165) is 30.1 Å². The number of pyridine rings is 1. The van der Waals surface area contributed by atoms with Gasteiger partial charge in [-0.25, -0.2) is 18.1 Å². The Kier molecular flexibility index (Phi) is 4.79. The molecule has 1 N–H and O–H groups in total. The largest absolute Gasteiger partial charge is 0.323 e. The summed E-state index contributed by atoms with van der Waals surface area (Å²) in [5.41, 5.74) is 1.29. The molecule has 1 atom stereocenters. The van der Waals surface area contributed by atoms with Crippen molar-refractivity contribution in [2.24, 2.45) is 0 Å². The van der Waals surface area contributed by atoms with Gasteiger partial charge in [-0.05, 0) is 32.8 Å². The number of anilines is 1. The number of carbonyl (C=O) groups is 1. The van der Waals surface area contributed by atoms with Gasteiger partial charge in [0.1, 0.15) is 6.04 Å². The minimum absolute atomic E-state index is 0.191. The maximum atomic E-state index is 12.6. The predicted octanol–water partition coefficient (Wildman–Crippen LogP) is 1.76. The number of nitrogens with zero attached hydrogens (tertiary/aromatic N) is 4. The number of nitrogens with one attached hydrogen (secondary N) is 1. The number of amides is 1. The van der Waals surface area contributed by atoms with Crippen molar-refractivity contribution in [2.75, 3.05) is 18.1 Å². The van der Waals surface area contributed by atoms with Crippen molar-refractivity contribution in [1.82, 2.24) is 19.1 Å². The first-order valence-electron chi connectivity index (χ1n) is 8.38. The van der Waals surface area contributed by atoms with Crippen LogP contribution in [0.5, 0.6) is 0 Å². The maximum Gasteiger partial charge on any atom is 0.242 e. The van der Waals surface area contributed by atoms with Crippen LogP contribution < -0.4 is 5.32 Å². The lowest BCUT2D eigenvalue weighted by Crippen LogP contribution is -2.49. The Morgan fingerprint density at radius 1 is 1.32 bits per heavy atom. The Morgan fingerprint density at radius 3 is 2.76 bits per heavy atom. The van der Waals surface area contributed by atoms with E-state index in [4.69, 9.17) is 0 Å². The summed E-state index contributed by atoms with van der Waals surface area (Å²) in [5.74, 6) is -0.317. The number of sulfonamides is 1. The van der Waals surface area contributed by atoms with Gasteiger partial charge in [0, 0.05) is 18.0 Å². The standard InChI is InChI=1S/C16H23N5O3S/c1-11(2)21-15-12(9-18-21)8-13(10-17-15)19-16(22)14-6-4-5-7-20(14)25(3,23)24/h8-11,14H,4-7H2,1-3H3,(H,19,22)/t14-/m0/s1. The second-order valence-corrected chi connectivity index (χ2v) is 8.63. The third-order valence-electron chi connectivity index (χ3n) is 4.37. The van der Waals surface area contributed by atoms with Crippen molar-refractivity contribution >= 4 is 32.7 Å². The Labute approximate surface area is 147 Å². The number of carbonyl (C=O) groups excluding carboxylic acids is 1. The van der Waals surface area contributed by atoms with Gasteiger partial charge >= 0.3 is 0 Å². The number of hydrogen-bond acceptors (Lipinski definition) is 5. The van der Waals surface area contributed by atoms with E-state index in [1.807, 2.05) is 18.5 Å². The molecule has 136 valence electrons. The average Bonchev–Trinajstić information content (AvgIpc) is 2.97. The molecular formula is C16H23N5O3S. The first-order valence-corrected chi connectivity index (χ1v) is 10.2. The van der Waals surface area contributed by atoms with E-state index in [2.05, 4.69) is 15.4 Å². The van der Waals surface area contributed by atoms with E-state index in [1.54, 1.807) is 18.5 Å². The number of hydrogen-bond donors (Lipinski definition) is 1. The highest BCUT2D eigenvalue weighted by molar-refractivity contribution is 7.88. The Bertz CT molecular complexity index is 890. The SMILES string of the molecule is CC(C)n1ncc2cc(NC(=O)[C@@H]3CCCCN3S(C)(=O)=O)cnc21. The minimum atomic E-state index is -3.41. The highest BCUT2D eigenvalue weighted by Crippen LogP contribution is 2.23. The molecule has 0 saturated carbocycles. The Hall–Kier alpha value is -2.00. The third-order valence-corrected chi connectivity index (χ3v) is 5.66. The van der Waals surface area contributed by atoms with E-state index in [9.17, 15) is 13.2 Å². The topological polar surface area (TPSA) is 97.2 Å². The number of aromatic nitrogens is 3. The third kappa shape index (κ3) is 3.67. The Balaban J connectivity index is 1.81. The van der Waals surface area contributed by atoms with Gasteiger partial charge in [-0.1, -0.05) is 6.42 Å². The fraction of sp³-hybridized carbons (Fsp3) is 0.562. The van der Waals surface area contributed by atoms with Crippen LogP contribution >= 0.6 is 0 Å². The van der Waals surface area contributed by atoms with Crippen LogP contribution in [0.3, 0.4) is 0 Å². The van der Waals surface area contributed by atoms with Crippen LogP contribution in [0.25, 0.3) is 11.0 Å².